The van der Waals surface area contributed by atoms with Crippen molar-refractivity contribution in [3.63, 3.8) is 0 Å². The molecule has 1 rings (SSSR count). The Kier molecular flexibility index (Phi) is 5.26. The van der Waals surface area contributed by atoms with Gasteiger partial charge in [0.05, 0.1) is 6.54 Å². The zero-order valence-electron chi connectivity index (χ0n) is 11.4. The van der Waals surface area contributed by atoms with E-state index in [2.05, 4.69) is 0 Å². The third-order valence-electron chi connectivity index (χ3n) is 2.55. The number of rotatable bonds is 6. The predicted octanol–water partition coefficient (Wildman–Crippen LogP) is 0.545. The van der Waals surface area contributed by atoms with Crippen molar-refractivity contribution in [2.24, 2.45) is 0 Å². The highest BCUT2D eigenvalue weighted by Gasteiger charge is 2.28. The van der Waals surface area contributed by atoms with Crippen LogP contribution in [-0.4, -0.2) is 61.8 Å². The number of sulfonamides is 1. The summed E-state index contributed by atoms with van der Waals surface area (Å²) in [5, 5.41) is 8.82. The van der Waals surface area contributed by atoms with Crippen LogP contribution in [0.5, 0.6) is 0 Å². The van der Waals surface area contributed by atoms with Crippen LogP contribution in [0, 0.1) is 0 Å². The van der Waals surface area contributed by atoms with E-state index in [-0.39, 0.29) is 28.1 Å². The number of carboxylic acid groups (broad SMARTS) is 1. The van der Waals surface area contributed by atoms with Crippen LogP contribution in [0.15, 0.2) is 16.3 Å². The van der Waals surface area contributed by atoms with Gasteiger partial charge in [-0.15, -0.1) is 11.3 Å². The lowest BCUT2D eigenvalue weighted by atomic mass is 10.5. The van der Waals surface area contributed by atoms with Crippen molar-refractivity contribution in [1.82, 2.24) is 9.21 Å². The van der Waals surface area contributed by atoms with Crippen molar-refractivity contribution in [3.05, 3.63) is 17.0 Å². The molecule has 112 valence electrons. The summed E-state index contributed by atoms with van der Waals surface area (Å²) in [5.74, 6) is -1.52. The van der Waals surface area contributed by atoms with E-state index in [4.69, 9.17) is 5.11 Å². The topological polar surface area (TPSA) is 95.0 Å². The fraction of sp³-hybridized carbons (Fsp3) is 0.455. The van der Waals surface area contributed by atoms with E-state index in [9.17, 15) is 18.0 Å². The summed E-state index contributed by atoms with van der Waals surface area (Å²) in [6, 6.07) is 2.48. The van der Waals surface area contributed by atoms with Gasteiger partial charge < -0.3 is 10.0 Å². The van der Waals surface area contributed by atoms with E-state index in [0.717, 1.165) is 4.31 Å². The molecule has 0 aliphatic carbocycles. The summed E-state index contributed by atoms with van der Waals surface area (Å²) in [6.07, 6.45) is 0. The van der Waals surface area contributed by atoms with Crippen LogP contribution < -0.4 is 0 Å². The summed E-state index contributed by atoms with van der Waals surface area (Å²) < 4.78 is 25.6. The van der Waals surface area contributed by atoms with Gasteiger partial charge in [-0.25, -0.2) is 13.2 Å². The molecule has 1 aromatic heterocycles. The molecule has 0 radical (unpaired) electrons. The molecule has 0 fully saturated rings. The van der Waals surface area contributed by atoms with E-state index in [1.807, 2.05) is 0 Å². The van der Waals surface area contributed by atoms with E-state index >= 15 is 0 Å². The monoisotopic (exact) mass is 320 g/mol. The van der Waals surface area contributed by atoms with Gasteiger partial charge in [0.25, 0.3) is 10.0 Å². The number of aromatic carboxylic acids is 1. The van der Waals surface area contributed by atoms with Crippen molar-refractivity contribution >= 4 is 33.2 Å². The van der Waals surface area contributed by atoms with E-state index in [1.165, 1.54) is 31.1 Å². The summed E-state index contributed by atoms with van der Waals surface area (Å²) in [6.45, 7) is 1.47. The number of amides is 1. The van der Waals surface area contributed by atoms with Crippen LogP contribution >= 0.6 is 11.3 Å². The summed E-state index contributed by atoms with van der Waals surface area (Å²) in [7, 11) is -0.775. The Bertz CT molecular complexity index is 606. The third-order valence-corrected chi connectivity index (χ3v) is 6.01. The summed E-state index contributed by atoms with van der Waals surface area (Å²) in [4.78, 5) is 23.7. The highest BCUT2D eigenvalue weighted by atomic mass is 32.2. The third kappa shape index (κ3) is 3.56. The van der Waals surface area contributed by atoms with Crippen molar-refractivity contribution in [3.8, 4) is 0 Å². The van der Waals surface area contributed by atoms with Gasteiger partial charge >= 0.3 is 5.97 Å². The van der Waals surface area contributed by atoms with Crippen LogP contribution in [0.25, 0.3) is 0 Å². The van der Waals surface area contributed by atoms with Crippen LogP contribution in [0.3, 0.4) is 0 Å². The van der Waals surface area contributed by atoms with E-state index in [0.29, 0.717) is 11.3 Å². The number of carboxylic acids is 1. The Hall–Kier alpha value is -1.45. The number of likely N-dealkylation sites (N-methyl/N-ethyl adjacent to an activating group) is 2. The molecular weight excluding hydrogens is 304 g/mol. The minimum atomic E-state index is -3.85. The largest absolute Gasteiger partial charge is 0.477 e. The first-order valence-corrected chi connectivity index (χ1v) is 7.99. The number of carbonyl (C=O) groups is 2. The number of thiophene rings is 1. The first-order chi connectivity index (χ1) is 9.20. The maximum absolute atomic E-state index is 12.3. The van der Waals surface area contributed by atoms with Crippen molar-refractivity contribution in [2.45, 2.75) is 11.1 Å². The molecule has 0 aliphatic heterocycles. The number of nitrogens with zero attached hydrogens (tertiary/aromatic N) is 2. The molecule has 0 saturated carbocycles. The van der Waals surface area contributed by atoms with Crippen LogP contribution in [0.1, 0.15) is 16.6 Å². The van der Waals surface area contributed by atoms with Gasteiger partial charge in [0.2, 0.25) is 5.91 Å². The zero-order chi connectivity index (χ0) is 15.5. The second-order valence-electron chi connectivity index (χ2n) is 4.14. The van der Waals surface area contributed by atoms with Gasteiger partial charge in [0.15, 0.2) is 0 Å². The Balaban J connectivity index is 3.05. The Morgan fingerprint density at radius 2 is 1.90 bits per heavy atom. The molecule has 0 saturated heterocycles. The van der Waals surface area contributed by atoms with Gasteiger partial charge in [-0.05, 0) is 12.1 Å². The molecule has 0 atom stereocenters. The molecule has 20 heavy (non-hydrogen) atoms. The molecule has 1 aromatic rings. The Labute approximate surface area is 121 Å². The summed E-state index contributed by atoms with van der Waals surface area (Å²) in [5.41, 5.74) is 0. The number of hydrogen-bond donors (Lipinski definition) is 1. The molecule has 7 nitrogen and oxygen atoms in total. The van der Waals surface area contributed by atoms with Crippen LogP contribution in [0.2, 0.25) is 0 Å². The lowest BCUT2D eigenvalue weighted by Gasteiger charge is -2.20. The second kappa shape index (κ2) is 6.33. The Morgan fingerprint density at radius 1 is 1.30 bits per heavy atom. The number of hydrogen-bond acceptors (Lipinski definition) is 5. The SMILES string of the molecule is CCN(CC(=O)N(C)C)S(=O)(=O)c1ccc(C(=O)O)s1. The lowest BCUT2D eigenvalue weighted by Crippen LogP contribution is -2.39. The first kappa shape index (κ1) is 16.6. The maximum atomic E-state index is 12.3. The zero-order valence-corrected chi connectivity index (χ0v) is 13.0. The van der Waals surface area contributed by atoms with Gasteiger partial charge in [-0.2, -0.15) is 4.31 Å². The minimum Gasteiger partial charge on any atom is -0.477 e. The highest BCUT2D eigenvalue weighted by molar-refractivity contribution is 7.91. The molecule has 0 bridgehead atoms. The molecule has 1 heterocycles. The van der Waals surface area contributed by atoms with Gasteiger partial charge in [0, 0.05) is 20.6 Å². The second-order valence-corrected chi connectivity index (χ2v) is 7.39. The average molecular weight is 320 g/mol. The van der Waals surface area contributed by atoms with Crippen LogP contribution in [-0.2, 0) is 14.8 Å². The molecule has 0 unspecified atom stereocenters. The molecule has 0 aliphatic rings. The molecule has 1 amide bonds. The fourth-order valence-electron chi connectivity index (χ4n) is 1.36. The quantitative estimate of drug-likeness (QED) is 0.825. The highest BCUT2D eigenvalue weighted by Crippen LogP contribution is 2.24. The smallest absolute Gasteiger partial charge is 0.345 e. The predicted molar refractivity (Wildman–Crippen MR) is 74.4 cm³/mol. The minimum absolute atomic E-state index is 0.0569. The average Bonchev–Trinajstić information content (AvgIpc) is 2.85. The van der Waals surface area contributed by atoms with Crippen molar-refractivity contribution in [1.29, 1.82) is 0 Å². The molecule has 9 heteroatoms. The maximum Gasteiger partial charge on any atom is 0.345 e. The summed E-state index contributed by atoms with van der Waals surface area (Å²) >= 11 is 0.673. The van der Waals surface area contributed by atoms with Gasteiger partial charge in [-0.3, -0.25) is 4.79 Å². The van der Waals surface area contributed by atoms with Crippen molar-refractivity contribution in [2.75, 3.05) is 27.2 Å². The lowest BCUT2D eigenvalue weighted by molar-refractivity contribution is -0.128. The van der Waals surface area contributed by atoms with Gasteiger partial charge in [-0.1, -0.05) is 6.92 Å². The van der Waals surface area contributed by atoms with E-state index in [1.54, 1.807) is 6.92 Å². The standard InChI is InChI=1S/C11H16N2O5S2/c1-4-13(7-9(14)12(2)3)20(17,18)10-6-5-8(19-10)11(15)16/h5-6H,4,7H2,1-3H3,(H,15,16). The Morgan fingerprint density at radius 3 is 2.30 bits per heavy atom. The first-order valence-electron chi connectivity index (χ1n) is 5.73. The normalized spacial score (nSPS) is 11.6. The molecular formula is C11H16N2O5S2. The van der Waals surface area contributed by atoms with E-state index < -0.39 is 16.0 Å². The molecule has 0 spiro atoms. The van der Waals surface area contributed by atoms with Crippen molar-refractivity contribution < 1.29 is 23.1 Å². The fourth-order valence-corrected chi connectivity index (χ4v) is 4.06. The molecule has 0 aromatic carbocycles. The van der Waals surface area contributed by atoms with Gasteiger partial charge in [0.1, 0.15) is 9.09 Å². The van der Waals surface area contributed by atoms with Crippen LogP contribution in [0.4, 0.5) is 0 Å². The molecule has 1 N–H and O–H groups in total. The number of carbonyl (C=O) groups excluding carboxylic acids is 1.